The quantitative estimate of drug-likeness (QED) is 0.654. The minimum Gasteiger partial charge on any atom is -0.381 e. The Morgan fingerprint density at radius 3 is 3.17 bits per heavy atom. The zero-order valence-electron chi connectivity index (χ0n) is 10.3. The summed E-state index contributed by atoms with van der Waals surface area (Å²) < 4.78 is 5.38. The summed E-state index contributed by atoms with van der Waals surface area (Å²) in [6, 6.07) is 2.07. The van der Waals surface area contributed by atoms with E-state index in [4.69, 9.17) is 10.6 Å². The van der Waals surface area contributed by atoms with E-state index in [-0.39, 0.29) is 0 Å². The molecule has 6 heteroatoms. The maximum atomic E-state index is 5.54. The van der Waals surface area contributed by atoms with Gasteiger partial charge in [0.05, 0.1) is 5.39 Å². The number of hydrogen-bond acceptors (Lipinski definition) is 6. The standard InChI is InChI=1S/C12H16N4OS/c1-7-4-9-11(16-13)14-10(15-12(9)18-7)5-8-2-3-17-6-8/h4,8H,2-3,5-6,13H2,1H3,(H,14,15,16). The Hall–Kier alpha value is -1.24. The summed E-state index contributed by atoms with van der Waals surface area (Å²) in [5.74, 6) is 7.65. The maximum Gasteiger partial charge on any atom is 0.152 e. The topological polar surface area (TPSA) is 73.1 Å². The number of aromatic nitrogens is 2. The average molecular weight is 264 g/mol. The van der Waals surface area contributed by atoms with E-state index in [1.807, 2.05) is 0 Å². The molecule has 1 aliphatic heterocycles. The number of aryl methyl sites for hydroxylation is 1. The van der Waals surface area contributed by atoms with Crippen molar-refractivity contribution in [2.24, 2.45) is 11.8 Å². The Labute approximate surface area is 109 Å². The van der Waals surface area contributed by atoms with Gasteiger partial charge in [-0.15, -0.1) is 11.3 Å². The predicted molar refractivity (Wildman–Crippen MR) is 72.6 cm³/mol. The molecule has 3 heterocycles. The Kier molecular flexibility index (Phi) is 3.15. The average Bonchev–Trinajstić information content (AvgIpc) is 2.96. The first-order valence-electron chi connectivity index (χ1n) is 6.07. The second-order valence-corrected chi connectivity index (χ2v) is 5.88. The lowest BCUT2D eigenvalue weighted by Crippen LogP contribution is -2.13. The van der Waals surface area contributed by atoms with E-state index >= 15 is 0 Å². The van der Waals surface area contributed by atoms with E-state index in [9.17, 15) is 0 Å². The summed E-state index contributed by atoms with van der Waals surface area (Å²) in [5, 5.41) is 1.01. The minimum absolute atomic E-state index is 0.536. The van der Waals surface area contributed by atoms with Crippen LogP contribution in [0.2, 0.25) is 0 Å². The van der Waals surface area contributed by atoms with Crippen LogP contribution in [-0.4, -0.2) is 23.2 Å². The molecule has 0 spiro atoms. The third-order valence-corrected chi connectivity index (χ3v) is 4.14. The number of nitrogens with two attached hydrogens (primary N) is 1. The molecule has 0 saturated carbocycles. The number of nitrogens with zero attached hydrogens (tertiary/aromatic N) is 2. The van der Waals surface area contributed by atoms with Crippen LogP contribution in [0.5, 0.6) is 0 Å². The summed E-state index contributed by atoms with van der Waals surface area (Å²) in [7, 11) is 0. The van der Waals surface area contributed by atoms with Gasteiger partial charge in [0, 0.05) is 24.5 Å². The summed E-state index contributed by atoms with van der Waals surface area (Å²) in [4.78, 5) is 11.3. The molecule has 1 atom stereocenters. The normalized spacial score (nSPS) is 19.6. The molecule has 5 nitrogen and oxygen atoms in total. The van der Waals surface area contributed by atoms with Gasteiger partial charge >= 0.3 is 0 Å². The lowest BCUT2D eigenvalue weighted by atomic mass is 10.0. The van der Waals surface area contributed by atoms with Crippen LogP contribution in [0.1, 0.15) is 17.1 Å². The summed E-state index contributed by atoms with van der Waals surface area (Å²) in [5.41, 5.74) is 2.67. The number of nitrogens with one attached hydrogen (secondary N) is 1. The van der Waals surface area contributed by atoms with Crippen LogP contribution < -0.4 is 11.3 Å². The second kappa shape index (κ2) is 4.79. The summed E-state index contributed by atoms with van der Waals surface area (Å²) >= 11 is 1.68. The molecular weight excluding hydrogens is 248 g/mol. The molecule has 96 valence electrons. The van der Waals surface area contributed by atoms with Gasteiger partial charge in [0.2, 0.25) is 0 Å². The molecule has 3 rings (SSSR count). The molecule has 0 bridgehead atoms. The fraction of sp³-hybridized carbons (Fsp3) is 0.500. The van der Waals surface area contributed by atoms with Gasteiger partial charge in [0.25, 0.3) is 0 Å². The fourth-order valence-electron chi connectivity index (χ4n) is 2.29. The first kappa shape index (κ1) is 11.8. The highest BCUT2D eigenvalue weighted by Gasteiger charge is 2.19. The number of nitrogen functional groups attached to an aromatic ring is 1. The number of rotatable bonds is 3. The Morgan fingerprint density at radius 1 is 1.56 bits per heavy atom. The monoisotopic (exact) mass is 264 g/mol. The van der Waals surface area contributed by atoms with Crippen molar-refractivity contribution in [3.8, 4) is 0 Å². The summed E-state index contributed by atoms with van der Waals surface area (Å²) in [6.07, 6.45) is 1.96. The van der Waals surface area contributed by atoms with Gasteiger partial charge in [-0.1, -0.05) is 0 Å². The van der Waals surface area contributed by atoms with Crippen LogP contribution >= 0.6 is 11.3 Å². The third kappa shape index (κ3) is 2.19. The minimum atomic E-state index is 0.536. The van der Waals surface area contributed by atoms with E-state index in [0.717, 1.165) is 47.9 Å². The molecule has 18 heavy (non-hydrogen) atoms. The lowest BCUT2D eigenvalue weighted by molar-refractivity contribution is 0.185. The molecule has 0 amide bonds. The third-order valence-electron chi connectivity index (χ3n) is 3.19. The van der Waals surface area contributed by atoms with Crippen LogP contribution in [0.15, 0.2) is 6.07 Å². The molecule has 0 radical (unpaired) electrons. The van der Waals surface area contributed by atoms with Gasteiger partial charge in [-0.25, -0.2) is 15.8 Å². The SMILES string of the molecule is Cc1cc2c(NN)nc(CC3CCOC3)nc2s1. The van der Waals surface area contributed by atoms with Gasteiger partial charge in [0.15, 0.2) is 5.82 Å². The Balaban J connectivity index is 1.96. The van der Waals surface area contributed by atoms with Gasteiger partial charge in [-0.05, 0) is 25.3 Å². The first-order valence-corrected chi connectivity index (χ1v) is 6.89. The molecule has 2 aromatic rings. The molecule has 1 fully saturated rings. The lowest BCUT2D eigenvalue weighted by Gasteiger charge is -2.08. The number of hydrazine groups is 1. The molecule has 0 aromatic carbocycles. The van der Waals surface area contributed by atoms with Crippen molar-refractivity contribution in [1.82, 2.24) is 9.97 Å². The van der Waals surface area contributed by atoms with Gasteiger partial charge < -0.3 is 10.2 Å². The fourth-order valence-corrected chi connectivity index (χ4v) is 3.19. The van der Waals surface area contributed by atoms with Gasteiger partial charge in [-0.3, -0.25) is 0 Å². The van der Waals surface area contributed by atoms with Crippen LogP contribution in [0.3, 0.4) is 0 Å². The molecular formula is C12H16N4OS. The number of ether oxygens (including phenoxy) is 1. The maximum absolute atomic E-state index is 5.54. The van der Waals surface area contributed by atoms with Crippen molar-refractivity contribution in [2.75, 3.05) is 18.6 Å². The molecule has 1 saturated heterocycles. The van der Waals surface area contributed by atoms with E-state index in [2.05, 4.69) is 28.4 Å². The number of anilines is 1. The number of hydrogen-bond donors (Lipinski definition) is 2. The van der Waals surface area contributed by atoms with Gasteiger partial charge in [0.1, 0.15) is 10.7 Å². The van der Waals surface area contributed by atoms with Crippen molar-refractivity contribution in [1.29, 1.82) is 0 Å². The van der Waals surface area contributed by atoms with Crippen molar-refractivity contribution in [3.05, 3.63) is 16.8 Å². The van der Waals surface area contributed by atoms with E-state index in [1.54, 1.807) is 11.3 Å². The van der Waals surface area contributed by atoms with Crippen LogP contribution in [0.4, 0.5) is 5.82 Å². The molecule has 3 N–H and O–H groups in total. The molecule has 2 aromatic heterocycles. The number of fused-ring (bicyclic) bond motifs is 1. The highest BCUT2D eigenvalue weighted by Crippen LogP contribution is 2.29. The van der Waals surface area contributed by atoms with E-state index < -0.39 is 0 Å². The van der Waals surface area contributed by atoms with E-state index in [0.29, 0.717) is 5.92 Å². The van der Waals surface area contributed by atoms with Crippen LogP contribution in [-0.2, 0) is 11.2 Å². The molecule has 1 unspecified atom stereocenters. The van der Waals surface area contributed by atoms with Crippen molar-refractivity contribution >= 4 is 27.4 Å². The summed E-state index contributed by atoms with van der Waals surface area (Å²) in [6.45, 7) is 3.74. The number of thiophene rings is 1. The van der Waals surface area contributed by atoms with E-state index in [1.165, 1.54) is 4.88 Å². The van der Waals surface area contributed by atoms with Crippen molar-refractivity contribution in [3.63, 3.8) is 0 Å². The van der Waals surface area contributed by atoms with Crippen molar-refractivity contribution in [2.45, 2.75) is 19.8 Å². The zero-order chi connectivity index (χ0) is 12.5. The Morgan fingerprint density at radius 2 is 2.44 bits per heavy atom. The van der Waals surface area contributed by atoms with Gasteiger partial charge in [-0.2, -0.15) is 0 Å². The molecule has 1 aliphatic rings. The Bertz CT molecular complexity index is 562. The highest BCUT2D eigenvalue weighted by atomic mass is 32.1. The van der Waals surface area contributed by atoms with Crippen LogP contribution in [0, 0.1) is 12.8 Å². The first-order chi connectivity index (χ1) is 8.76. The largest absolute Gasteiger partial charge is 0.381 e. The predicted octanol–water partition coefficient (Wildman–Crippen LogP) is 1.86. The molecule has 0 aliphatic carbocycles. The van der Waals surface area contributed by atoms with Crippen molar-refractivity contribution < 1.29 is 4.74 Å². The smallest absolute Gasteiger partial charge is 0.152 e. The van der Waals surface area contributed by atoms with Crippen LogP contribution in [0.25, 0.3) is 10.2 Å². The zero-order valence-corrected chi connectivity index (χ0v) is 11.1. The second-order valence-electron chi connectivity index (χ2n) is 4.64. The highest BCUT2D eigenvalue weighted by molar-refractivity contribution is 7.18.